The molecule has 1 rings (SSSR count). The number of hydrogen-bond donors (Lipinski definition) is 0. The van der Waals surface area contributed by atoms with Crippen molar-refractivity contribution in [1.29, 1.82) is 0 Å². The smallest absolute Gasteiger partial charge is 0.112 e. The maximum absolute atomic E-state index is 5.65. The van der Waals surface area contributed by atoms with Crippen molar-refractivity contribution in [2.45, 2.75) is 20.3 Å². The molecular formula is C17H24O2. The molecule has 1 aliphatic carbocycles. The van der Waals surface area contributed by atoms with Gasteiger partial charge in [-0.05, 0) is 18.1 Å². The molecular weight excluding hydrogens is 236 g/mol. The van der Waals surface area contributed by atoms with Crippen LogP contribution in [0.4, 0.5) is 0 Å². The summed E-state index contributed by atoms with van der Waals surface area (Å²) in [7, 11) is 0. The second-order valence-electron chi connectivity index (χ2n) is 5.03. The Balaban J connectivity index is 2.43. The van der Waals surface area contributed by atoms with E-state index < -0.39 is 0 Å². The predicted molar refractivity (Wildman–Crippen MR) is 80.5 cm³/mol. The van der Waals surface area contributed by atoms with Gasteiger partial charge in [0.15, 0.2) is 0 Å². The Morgan fingerprint density at radius 1 is 1.42 bits per heavy atom. The lowest BCUT2D eigenvalue weighted by molar-refractivity contribution is 0.191. The van der Waals surface area contributed by atoms with Crippen LogP contribution in [0.15, 0.2) is 61.1 Å². The zero-order chi connectivity index (χ0) is 14.3. The second-order valence-corrected chi connectivity index (χ2v) is 5.03. The average molecular weight is 260 g/mol. The normalized spacial score (nSPS) is 17.8. The molecule has 1 atom stereocenters. The predicted octanol–water partition coefficient (Wildman–Crippen LogP) is 4.39. The minimum absolute atomic E-state index is 0.350. The fraction of sp³-hybridized carbons (Fsp3) is 0.412. The van der Waals surface area contributed by atoms with E-state index in [4.69, 9.17) is 9.47 Å². The molecule has 0 amide bonds. The van der Waals surface area contributed by atoms with E-state index in [0.717, 1.165) is 12.2 Å². The molecule has 0 N–H and O–H groups in total. The summed E-state index contributed by atoms with van der Waals surface area (Å²) in [5.74, 6) is 2.16. The summed E-state index contributed by atoms with van der Waals surface area (Å²) in [6.07, 6.45) is 9.07. The lowest BCUT2D eigenvalue weighted by Crippen LogP contribution is -2.11. The van der Waals surface area contributed by atoms with Gasteiger partial charge in [-0.2, -0.15) is 0 Å². The van der Waals surface area contributed by atoms with Crippen molar-refractivity contribution in [2.24, 2.45) is 11.8 Å². The van der Waals surface area contributed by atoms with Gasteiger partial charge in [-0.3, -0.25) is 0 Å². The molecule has 0 fully saturated rings. The van der Waals surface area contributed by atoms with Crippen LogP contribution in [0.25, 0.3) is 0 Å². The molecule has 0 aromatic carbocycles. The van der Waals surface area contributed by atoms with Gasteiger partial charge in [0.2, 0.25) is 0 Å². The molecule has 0 aliphatic heterocycles. The molecule has 0 heterocycles. The Morgan fingerprint density at radius 2 is 2.16 bits per heavy atom. The van der Waals surface area contributed by atoms with E-state index >= 15 is 0 Å². The Morgan fingerprint density at radius 3 is 2.79 bits per heavy atom. The average Bonchev–Trinajstić information content (AvgIpc) is 2.42. The highest BCUT2D eigenvalue weighted by Gasteiger charge is 2.11. The lowest BCUT2D eigenvalue weighted by atomic mass is 9.97. The maximum atomic E-state index is 5.65. The molecule has 2 heteroatoms. The highest BCUT2D eigenvalue weighted by molar-refractivity contribution is 5.25. The second kappa shape index (κ2) is 7.67. The van der Waals surface area contributed by atoms with Gasteiger partial charge in [0, 0.05) is 11.8 Å². The summed E-state index contributed by atoms with van der Waals surface area (Å²) < 4.78 is 11.1. The van der Waals surface area contributed by atoms with Gasteiger partial charge in [0.25, 0.3) is 0 Å². The number of hydrogen-bond acceptors (Lipinski definition) is 2. The third-order valence-corrected chi connectivity index (χ3v) is 3.00. The van der Waals surface area contributed by atoms with Crippen LogP contribution in [-0.2, 0) is 9.47 Å². The third kappa shape index (κ3) is 5.64. The van der Waals surface area contributed by atoms with E-state index in [0.29, 0.717) is 30.8 Å². The fourth-order valence-corrected chi connectivity index (χ4v) is 1.65. The summed E-state index contributed by atoms with van der Waals surface area (Å²) in [6.45, 7) is 16.6. The van der Waals surface area contributed by atoms with Crippen molar-refractivity contribution in [3.63, 3.8) is 0 Å². The minimum Gasteiger partial charge on any atom is -0.494 e. The fourth-order valence-electron chi connectivity index (χ4n) is 1.65. The molecule has 1 unspecified atom stereocenters. The first kappa shape index (κ1) is 15.4. The molecule has 104 valence electrons. The molecule has 0 bridgehead atoms. The summed E-state index contributed by atoms with van der Waals surface area (Å²) in [4.78, 5) is 0. The van der Waals surface area contributed by atoms with Crippen LogP contribution < -0.4 is 0 Å². The van der Waals surface area contributed by atoms with Crippen LogP contribution in [-0.4, -0.2) is 13.2 Å². The third-order valence-electron chi connectivity index (χ3n) is 3.00. The lowest BCUT2D eigenvalue weighted by Gasteiger charge is -2.19. The molecule has 0 aromatic heterocycles. The van der Waals surface area contributed by atoms with E-state index in [1.807, 2.05) is 0 Å². The summed E-state index contributed by atoms with van der Waals surface area (Å²) >= 11 is 0. The Labute approximate surface area is 116 Å². The highest BCUT2D eigenvalue weighted by atomic mass is 16.5. The first-order valence-electron chi connectivity index (χ1n) is 6.66. The highest BCUT2D eigenvalue weighted by Crippen LogP contribution is 2.19. The zero-order valence-corrected chi connectivity index (χ0v) is 12.0. The van der Waals surface area contributed by atoms with E-state index in [-0.39, 0.29) is 0 Å². The van der Waals surface area contributed by atoms with Crippen molar-refractivity contribution in [1.82, 2.24) is 0 Å². The summed E-state index contributed by atoms with van der Waals surface area (Å²) in [6, 6.07) is 0. The van der Waals surface area contributed by atoms with Gasteiger partial charge >= 0.3 is 0 Å². The van der Waals surface area contributed by atoms with Crippen LogP contribution >= 0.6 is 0 Å². The van der Waals surface area contributed by atoms with E-state index in [1.165, 1.54) is 5.57 Å². The number of allylic oxidation sites excluding steroid dienone is 3. The van der Waals surface area contributed by atoms with Crippen LogP contribution in [0.2, 0.25) is 0 Å². The van der Waals surface area contributed by atoms with Gasteiger partial charge in [-0.1, -0.05) is 51.8 Å². The first-order chi connectivity index (χ1) is 9.02. The van der Waals surface area contributed by atoms with Crippen molar-refractivity contribution in [3.8, 4) is 0 Å². The van der Waals surface area contributed by atoms with Crippen LogP contribution in [0.1, 0.15) is 20.3 Å². The SMILES string of the molecule is C=CC(=C)OCC1C=C(COC(=C)C(C)C)C=CC1. The number of ether oxygens (including phenoxy) is 2. The van der Waals surface area contributed by atoms with Crippen LogP contribution in [0.3, 0.4) is 0 Å². The van der Waals surface area contributed by atoms with Gasteiger partial charge in [0.05, 0.1) is 12.4 Å². The molecule has 0 spiro atoms. The molecule has 0 saturated heterocycles. The first-order valence-corrected chi connectivity index (χ1v) is 6.66. The Kier molecular flexibility index (Phi) is 6.20. The van der Waals surface area contributed by atoms with Gasteiger partial charge in [0.1, 0.15) is 12.4 Å². The Bertz CT molecular complexity index is 399. The van der Waals surface area contributed by atoms with Gasteiger partial charge < -0.3 is 9.47 Å². The van der Waals surface area contributed by atoms with E-state index in [2.05, 4.69) is 51.8 Å². The van der Waals surface area contributed by atoms with Crippen molar-refractivity contribution in [2.75, 3.05) is 13.2 Å². The monoisotopic (exact) mass is 260 g/mol. The van der Waals surface area contributed by atoms with Crippen molar-refractivity contribution in [3.05, 3.63) is 61.1 Å². The largest absolute Gasteiger partial charge is 0.494 e. The standard InChI is InChI=1S/C17H24O2/c1-6-14(4)18-11-16-8-7-9-17(10-16)12-19-15(5)13(2)3/h6-7,9-10,13,16H,1,4-5,8,11-12H2,2-3H3. The van der Waals surface area contributed by atoms with Crippen LogP contribution in [0, 0.1) is 11.8 Å². The molecule has 1 aliphatic rings. The van der Waals surface area contributed by atoms with Gasteiger partial charge in [-0.25, -0.2) is 0 Å². The Hall–Kier alpha value is -1.70. The minimum atomic E-state index is 0.350. The topological polar surface area (TPSA) is 18.5 Å². The van der Waals surface area contributed by atoms with Crippen molar-refractivity contribution >= 4 is 0 Å². The van der Waals surface area contributed by atoms with Gasteiger partial charge in [-0.15, -0.1) is 0 Å². The summed E-state index contributed by atoms with van der Waals surface area (Å²) in [5, 5.41) is 0. The quantitative estimate of drug-likeness (QED) is 0.476. The molecule has 0 radical (unpaired) electrons. The summed E-state index contributed by atoms with van der Waals surface area (Å²) in [5.41, 5.74) is 1.17. The molecule has 0 saturated carbocycles. The molecule has 0 aromatic rings. The van der Waals surface area contributed by atoms with Crippen molar-refractivity contribution < 1.29 is 9.47 Å². The number of rotatable bonds is 8. The van der Waals surface area contributed by atoms with Crippen LogP contribution in [0.5, 0.6) is 0 Å². The van der Waals surface area contributed by atoms with E-state index in [1.54, 1.807) is 6.08 Å². The molecule has 19 heavy (non-hydrogen) atoms. The maximum Gasteiger partial charge on any atom is 0.112 e. The van der Waals surface area contributed by atoms with E-state index in [9.17, 15) is 0 Å². The molecule has 2 nitrogen and oxygen atoms in total. The zero-order valence-electron chi connectivity index (χ0n) is 12.0.